The number of unbranched alkanes of at least 4 members (excludes halogenated alkanes) is 5. The zero-order valence-corrected chi connectivity index (χ0v) is 17.2. The number of hydrogen-bond acceptors (Lipinski definition) is 2. The third-order valence-corrected chi connectivity index (χ3v) is 5.29. The van der Waals surface area contributed by atoms with Crippen molar-refractivity contribution in [3.05, 3.63) is 0 Å². The van der Waals surface area contributed by atoms with E-state index in [9.17, 15) is 4.79 Å². The molecule has 0 spiro atoms. The van der Waals surface area contributed by atoms with Crippen LogP contribution in [0.4, 0.5) is 0 Å². The first-order valence-corrected chi connectivity index (χ1v) is 9.99. The zero-order valence-electron chi connectivity index (χ0n) is 15.2. The van der Waals surface area contributed by atoms with Crippen molar-refractivity contribution >= 4 is 16.5 Å². The second-order valence-corrected chi connectivity index (χ2v) is 7.01. The Labute approximate surface area is 136 Å². The van der Waals surface area contributed by atoms with E-state index in [0.29, 0.717) is 16.4 Å². The van der Waals surface area contributed by atoms with Gasteiger partial charge in [-0.1, -0.05) is 79.1 Å². The summed E-state index contributed by atoms with van der Waals surface area (Å²) in [7, 11) is 0.521. The summed E-state index contributed by atoms with van der Waals surface area (Å²) >= 11 is 0. The summed E-state index contributed by atoms with van der Waals surface area (Å²) in [5, 5.41) is 0. The van der Waals surface area contributed by atoms with Crippen LogP contribution in [0.15, 0.2) is 0 Å². The van der Waals surface area contributed by atoms with Crippen molar-refractivity contribution in [3.63, 3.8) is 0 Å². The second-order valence-electron chi connectivity index (χ2n) is 6.61. The fourth-order valence-electron chi connectivity index (χ4n) is 3.63. The van der Waals surface area contributed by atoms with Crippen LogP contribution in [0.3, 0.4) is 0 Å². The minimum absolute atomic E-state index is 0.0800. The molecule has 126 valence electrons. The molecule has 0 aromatic heterocycles. The van der Waals surface area contributed by atoms with Gasteiger partial charge in [-0.05, 0) is 25.2 Å². The minimum Gasteiger partial charge on any atom is -0.528 e. The molecule has 0 radical (unpaired) electrons. The summed E-state index contributed by atoms with van der Waals surface area (Å²) in [6.45, 7) is 8.89. The van der Waals surface area contributed by atoms with Crippen molar-refractivity contribution in [1.29, 1.82) is 0 Å². The zero-order chi connectivity index (χ0) is 16.1. The van der Waals surface area contributed by atoms with E-state index in [1.807, 2.05) is 0 Å². The lowest BCUT2D eigenvalue weighted by atomic mass is 9.68. The first-order valence-electron chi connectivity index (χ1n) is 9.17. The molecule has 0 saturated heterocycles. The molecule has 0 saturated carbocycles. The molecule has 0 rings (SSSR count). The van der Waals surface area contributed by atoms with Gasteiger partial charge < -0.3 is 4.43 Å². The third kappa shape index (κ3) is 6.99. The highest BCUT2D eigenvalue weighted by Crippen LogP contribution is 2.41. The first kappa shape index (κ1) is 20.7. The van der Waals surface area contributed by atoms with Crippen molar-refractivity contribution in [3.8, 4) is 0 Å². The van der Waals surface area contributed by atoms with Crippen molar-refractivity contribution in [2.24, 2.45) is 11.3 Å². The van der Waals surface area contributed by atoms with Crippen molar-refractivity contribution < 1.29 is 9.22 Å². The van der Waals surface area contributed by atoms with E-state index < -0.39 is 0 Å². The molecule has 0 bridgehead atoms. The van der Waals surface area contributed by atoms with E-state index in [1.54, 1.807) is 0 Å². The van der Waals surface area contributed by atoms with E-state index in [1.165, 1.54) is 44.9 Å². The van der Waals surface area contributed by atoms with Crippen LogP contribution >= 0.6 is 0 Å². The molecule has 0 aromatic rings. The Balaban J connectivity index is 4.49. The fraction of sp³-hybridized carbons (Fsp3) is 0.944. The second kappa shape index (κ2) is 12.3. The Kier molecular flexibility index (Phi) is 12.1. The molecular weight excluding hydrogens is 276 g/mol. The smallest absolute Gasteiger partial charge is 0.298 e. The number of rotatable bonds is 13. The molecule has 0 amide bonds. The van der Waals surface area contributed by atoms with Gasteiger partial charge in [-0.3, -0.25) is 4.79 Å². The van der Waals surface area contributed by atoms with Crippen molar-refractivity contribution in [2.75, 3.05) is 0 Å². The summed E-state index contributed by atoms with van der Waals surface area (Å²) in [5.41, 5.74) is -0.214. The molecule has 0 aliphatic carbocycles. The number of carbonyl (C=O) groups is 1. The van der Waals surface area contributed by atoms with Crippen LogP contribution in [0, 0.1) is 11.3 Å². The van der Waals surface area contributed by atoms with Gasteiger partial charge in [0.25, 0.3) is 5.97 Å². The molecule has 2 nitrogen and oxygen atoms in total. The molecule has 21 heavy (non-hydrogen) atoms. The molecule has 0 aliphatic rings. The van der Waals surface area contributed by atoms with E-state index in [4.69, 9.17) is 4.43 Å². The Hall–Kier alpha value is -0.313. The maximum Gasteiger partial charge on any atom is 0.298 e. The fourth-order valence-corrected chi connectivity index (χ4v) is 4.03. The number of hydrogen-bond donors (Lipinski definition) is 0. The first-order chi connectivity index (χ1) is 10.1. The summed E-state index contributed by atoms with van der Waals surface area (Å²) < 4.78 is 5.30. The normalized spacial score (nSPS) is 13.3. The topological polar surface area (TPSA) is 26.3 Å². The van der Waals surface area contributed by atoms with Gasteiger partial charge in [0, 0.05) is 0 Å². The number of carbonyl (C=O) groups excluding carboxylic acids is 1. The maximum atomic E-state index is 12.4. The lowest BCUT2D eigenvalue weighted by Crippen LogP contribution is -2.38. The van der Waals surface area contributed by atoms with Gasteiger partial charge in [-0.15, -0.1) is 0 Å². The van der Waals surface area contributed by atoms with E-state index in [0.717, 1.165) is 25.7 Å². The maximum absolute atomic E-state index is 12.4. The molecule has 0 aliphatic heterocycles. The summed E-state index contributed by atoms with van der Waals surface area (Å²) in [5.74, 6) is 0.529. The average molecular weight is 315 g/mol. The van der Waals surface area contributed by atoms with Gasteiger partial charge in [-0.2, -0.15) is 0 Å². The lowest BCUT2D eigenvalue weighted by Gasteiger charge is -2.37. The highest BCUT2D eigenvalue weighted by atomic mass is 28.2. The van der Waals surface area contributed by atoms with Gasteiger partial charge in [0.15, 0.2) is 0 Å². The van der Waals surface area contributed by atoms with Crippen LogP contribution in [-0.4, -0.2) is 16.5 Å². The van der Waals surface area contributed by atoms with Crippen LogP contribution in [-0.2, 0) is 9.22 Å². The van der Waals surface area contributed by atoms with Gasteiger partial charge in [0.2, 0.25) is 10.5 Å². The Morgan fingerprint density at radius 1 is 0.952 bits per heavy atom. The highest BCUT2D eigenvalue weighted by Gasteiger charge is 2.42. The average Bonchev–Trinajstić information content (AvgIpc) is 2.49. The quantitative estimate of drug-likeness (QED) is 0.361. The molecule has 0 fully saturated rings. The predicted molar refractivity (Wildman–Crippen MR) is 95.4 cm³/mol. The van der Waals surface area contributed by atoms with Crippen LogP contribution in [0.1, 0.15) is 98.3 Å². The van der Waals surface area contributed by atoms with Gasteiger partial charge in [-0.25, -0.2) is 0 Å². The predicted octanol–water partition coefficient (Wildman–Crippen LogP) is 4.78. The Morgan fingerprint density at radius 3 is 1.95 bits per heavy atom. The highest BCUT2D eigenvalue weighted by molar-refractivity contribution is 6.06. The standard InChI is InChI=1S/C18H38O2Si/c1-5-8-9-10-11-12-13-16(4)18(14-6-2,15-7-3)17(19)20-21/h16H,5-15H2,1-4,21H3. The lowest BCUT2D eigenvalue weighted by molar-refractivity contribution is -0.150. The van der Waals surface area contributed by atoms with Crippen molar-refractivity contribution in [2.45, 2.75) is 98.3 Å². The van der Waals surface area contributed by atoms with Crippen LogP contribution in [0.5, 0.6) is 0 Å². The van der Waals surface area contributed by atoms with Gasteiger partial charge >= 0.3 is 0 Å². The summed E-state index contributed by atoms with van der Waals surface area (Å²) in [6, 6.07) is 0. The molecule has 0 N–H and O–H groups in total. The van der Waals surface area contributed by atoms with E-state index >= 15 is 0 Å². The Bertz CT molecular complexity index is 260. The van der Waals surface area contributed by atoms with Crippen molar-refractivity contribution in [1.82, 2.24) is 0 Å². The van der Waals surface area contributed by atoms with Gasteiger partial charge in [0.1, 0.15) is 0 Å². The largest absolute Gasteiger partial charge is 0.528 e. The van der Waals surface area contributed by atoms with E-state index in [-0.39, 0.29) is 11.4 Å². The van der Waals surface area contributed by atoms with Crippen LogP contribution < -0.4 is 0 Å². The van der Waals surface area contributed by atoms with Crippen LogP contribution in [0.25, 0.3) is 0 Å². The Morgan fingerprint density at radius 2 is 1.48 bits per heavy atom. The molecule has 1 unspecified atom stereocenters. The molecule has 3 heteroatoms. The molecule has 0 heterocycles. The SMILES string of the molecule is CCCCCCCCC(C)C(CCC)(CCC)C(=O)O[SiH3]. The molecule has 0 aromatic carbocycles. The third-order valence-electron chi connectivity index (χ3n) is 4.92. The summed E-state index contributed by atoms with van der Waals surface area (Å²) in [6.07, 6.45) is 13.2. The van der Waals surface area contributed by atoms with Gasteiger partial charge in [0.05, 0.1) is 5.41 Å². The summed E-state index contributed by atoms with van der Waals surface area (Å²) in [4.78, 5) is 12.4. The molecule has 1 atom stereocenters. The van der Waals surface area contributed by atoms with E-state index in [2.05, 4.69) is 27.7 Å². The minimum atomic E-state index is -0.214. The monoisotopic (exact) mass is 314 g/mol. The molecular formula is C18H38O2Si. The van der Waals surface area contributed by atoms with Crippen LogP contribution in [0.2, 0.25) is 0 Å².